The molecule has 2 N–H and O–H groups in total. The summed E-state index contributed by atoms with van der Waals surface area (Å²) < 4.78 is 0. The molecule has 0 bridgehead atoms. The van der Waals surface area contributed by atoms with Gasteiger partial charge < -0.3 is 0 Å². The van der Waals surface area contributed by atoms with Gasteiger partial charge in [0.2, 0.25) is 0 Å². The summed E-state index contributed by atoms with van der Waals surface area (Å²) in [5.74, 6) is 0.0146. The lowest BCUT2D eigenvalue weighted by Crippen LogP contribution is -2.19. The van der Waals surface area contributed by atoms with E-state index >= 15 is 0 Å². The number of hydrogen-bond donors (Lipinski definition) is 2. The standard InChI is InChI=1S/C21H15N5OS/c27-18(11-28-21-22-12-24-26-21)25-23-10-16-7-6-15-5-4-13-2-1-3-14-8-9-17(16)20(15)19(13)14/h1-10,12H,11H2,(H,25,27)(H,22,24,26)/b23-10-. The van der Waals surface area contributed by atoms with Crippen LogP contribution in [0.1, 0.15) is 5.56 Å². The van der Waals surface area contributed by atoms with E-state index in [9.17, 15) is 4.79 Å². The van der Waals surface area contributed by atoms with E-state index in [1.165, 1.54) is 45.0 Å². The van der Waals surface area contributed by atoms with Crippen LogP contribution in [0.2, 0.25) is 0 Å². The molecule has 0 aliphatic rings. The summed E-state index contributed by atoms with van der Waals surface area (Å²) in [5, 5.41) is 18.5. The number of nitrogens with one attached hydrogen (secondary N) is 2. The van der Waals surface area contributed by atoms with E-state index < -0.39 is 0 Å². The first kappa shape index (κ1) is 16.7. The fourth-order valence-electron chi connectivity index (χ4n) is 3.47. The molecular formula is C21H15N5OS. The molecule has 0 spiro atoms. The molecule has 136 valence electrons. The zero-order chi connectivity index (χ0) is 18.9. The van der Waals surface area contributed by atoms with Crippen molar-refractivity contribution < 1.29 is 4.79 Å². The van der Waals surface area contributed by atoms with Crippen LogP contribution >= 0.6 is 11.8 Å². The topological polar surface area (TPSA) is 83.0 Å². The van der Waals surface area contributed by atoms with Crippen LogP contribution in [0.5, 0.6) is 0 Å². The van der Waals surface area contributed by atoms with Crippen molar-refractivity contribution >= 4 is 56.2 Å². The minimum atomic E-state index is -0.199. The van der Waals surface area contributed by atoms with Crippen LogP contribution < -0.4 is 5.43 Å². The maximum atomic E-state index is 12.0. The summed E-state index contributed by atoms with van der Waals surface area (Å²) >= 11 is 1.27. The van der Waals surface area contributed by atoms with Gasteiger partial charge in [-0.25, -0.2) is 10.4 Å². The van der Waals surface area contributed by atoms with Crippen LogP contribution in [0.25, 0.3) is 32.3 Å². The Morgan fingerprint density at radius 1 is 1.04 bits per heavy atom. The van der Waals surface area contributed by atoms with Gasteiger partial charge in [0, 0.05) is 5.56 Å². The first-order valence-electron chi connectivity index (χ1n) is 8.76. The first-order valence-corrected chi connectivity index (χ1v) is 9.75. The Kier molecular flexibility index (Phi) is 4.14. The van der Waals surface area contributed by atoms with Crippen molar-refractivity contribution in [1.29, 1.82) is 0 Å². The number of hydrazone groups is 1. The zero-order valence-corrected chi connectivity index (χ0v) is 15.5. The number of hydrogen-bond acceptors (Lipinski definition) is 5. The van der Waals surface area contributed by atoms with Crippen LogP contribution in [0.3, 0.4) is 0 Å². The molecule has 6 nitrogen and oxygen atoms in total. The fourth-order valence-corrected chi connectivity index (χ4v) is 4.05. The molecule has 1 heterocycles. The maximum absolute atomic E-state index is 12.0. The van der Waals surface area contributed by atoms with Gasteiger partial charge in [-0.3, -0.25) is 9.89 Å². The lowest BCUT2D eigenvalue weighted by molar-refractivity contribution is -0.118. The molecular weight excluding hydrogens is 370 g/mol. The van der Waals surface area contributed by atoms with Crippen molar-refractivity contribution in [2.45, 2.75) is 5.16 Å². The van der Waals surface area contributed by atoms with Crippen molar-refractivity contribution in [3.05, 3.63) is 66.5 Å². The number of carbonyl (C=O) groups is 1. The number of nitrogens with zero attached hydrogens (tertiary/aromatic N) is 3. The molecule has 5 rings (SSSR count). The van der Waals surface area contributed by atoms with Crippen molar-refractivity contribution in [2.24, 2.45) is 5.10 Å². The Hall–Kier alpha value is -3.45. The Balaban J connectivity index is 1.42. The van der Waals surface area contributed by atoms with Gasteiger partial charge >= 0.3 is 0 Å². The molecule has 0 saturated heterocycles. The third kappa shape index (κ3) is 2.95. The summed E-state index contributed by atoms with van der Waals surface area (Å²) in [4.78, 5) is 15.9. The average Bonchev–Trinajstić information content (AvgIpc) is 3.25. The van der Waals surface area contributed by atoms with Crippen molar-refractivity contribution in [3.8, 4) is 0 Å². The van der Waals surface area contributed by atoms with E-state index in [0.717, 1.165) is 10.9 Å². The van der Waals surface area contributed by atoms with Gasteiger partial charge in [-0.15, -0.1) is 0 Å². The number of amides is 1. The summed E-state index contributed by atoms with van der Waals surface area (Å²) in [6.45, 7) is 0. The second kappa shape index (κ2) is 6.94. The smallest absolute Gasteiger partial charge is 0.250 e. The predicted octanol–water partition coefficient (Wildman–Crippen LogP) is 3.94. The van der Waals surface area contributed by atoms with E-state index in [2.05, 4.69) is 74.2 Å². The highest BCUT2D eigenvalue weighted by Crippen LogP contribution is 2.35. The minimum Gasteiger partial charge on any atom is -0.272 e. The number of aromatic nitrogens is 3. The van der Waals surface area contributed by atoms with E-state index in [0.29, 0.717) is 5.16 Å². The Labute approximate surface area is 164 Å². The van der Waals surface area contributed by atoms with E-state index in [1.807, 2.05) is 6.07 Å². The molecule has 4 aromatic carbocycles. The van der Waals surface area contributed by atoms with Crippen molar-refractivity contribution in [1.82, 2.24) is 20.6 Å². The minimum absolute atomic E-state index is 0.199. The highest BCUT2D eigenvalue weighted by Gasteiger charge is 2.10. The summed E-state index contributed by atoms with van der Waals surface area (Å²) in [6, 6.07) is 19.0. The van der Waals surface area contributed by atoms with Crippen LogP contribution in [-0.2, 0) is 4.79 Å². The summed E-state index contributed by atoms with van der Waals surface area (Å²) in [7, 11) is 0. The normalized spacial score (nSPS) is 11.9. The second-order valence-electron chi connectivity index (χ2n) is 6.38. The Bertz CT molecular complexity index is 1300. The van der Waals surface area contributed by atoms with Gasteiger partial charge in [-0.1, -0.05) is 66.4 Å². The summed E-state index contributed by atoms with van der Waals surface area (Å²) in [6.07, 6.45) is 3.11. The molecule has 1 amide bonds. The molecule has 0 unspecified atom stereocenters. The molecule has 0 aliphatic carbocycles. The number of thioether (sulfide) groups is 1. The zero-order valence-electron chi connectivity index (χ0n) is 14.7. The number of rotatable bonds is 5. The lowest BCUT2D eigenvalue weighted by Gasteiger charge is -2.12. The van der Waals surface area contributed by atoms with Gasteiger partial charge in [0.1, 0.15) is 6.33 Å². The van der Waals surface area contributed by atoms with Crippen LogP contribution in [-0.4, -0.2) is 33.1 Å². The van der Waals surface area contributed by atoms with Crippen LogP contribution in [0.4, 0.5) is 0 Å². The Morgan fingerprint density at radius 3 is 2.57 bits per heavy atom. The molecule has 0 fully saturated rings. The lowest BCUT2D eigenvalue weighted by atomic mass is 9.92. The van der Waals surface area contributed by atoms with Crippen LogP contribution in [0.15, 0.2) is 71.2 Å². The third-order valence-electron chi connectivity index (χ3n) is 4.69. The van der Waals surface area contributed by atoms with Gasteiger partial charge in [0.15, 0.2) is 5.16 Å². The van der Waals surface area contributed by atoms with Gasteiger partial charge in [-0.05, 0) is 32.3 Å². The van der Waals surface area contributed by atoms with Gasteiger partial charge in [0.05, 0.1) is 12.0 Å². The third-order valence-corrected chi connectivity index (χ3v) is 5.56. The molecule has 28 heavy (non-hydrogen) atoms. The molecule has 7 heteroatoms. The molecule has 0 aliphatic heterocycles. The average molecular weight is 385 g/mol. The van der Waals surface area contributed by atoms with E-state index in [-0.39, 0.29) is 11.7 Å². The SMILES string of the molecule is O=C(CSc1ncn[nH]1)N/N=C\c1ccc2ccc3cccc4ccc1c2c34. The number of benzene rings is 4. The van der Waals surface area contributed by atoms with E-state index in [1.54, 1.807) is 6.21 Å². The molecule has 0 atom stereocenters. The fraction of sp³-hybridized carbons (Fsp3) is 0.0476. The highest BCUT2D eigenvalue weighted by molar-refractivity contribution is 7.99. The molecule has 0 radical (unpaired) electrons. The molecule has 1 aromatic heterocycles. The molecule has 0 saturated carbocycles. The summed E-state index contributed by atoms with van der Waals surface area (Å²) in [5.41, 5.74) is 3.54. The highest BCUT2D eigenvalue weighted by atomic mass is 32.2. The number of carbonyl (C=O) groups excluding carboxylic acids is 1. The second-order valence-corrected chi connectivity index (χ2v) is 7.35. The quantitative estimate of drug-likeness (QED) is 0.208. The Morgan fingerprint density at radius 2 is 1.79 bits per heavy atom. The van der Waals surface area contributed by atoms with Crippen LogP contribution in [0, 0.1) is 0 Å². The van der Waals surface area contributed by atoms with Crippen molar-refractivity contribution in [2.75, 3.05) is 5.75 Å². The van der Waals surface area contributed by atoms with E-state index in [4.69, 9.17) is 0 Å². The molecule has 5 aromatic rings. The van der Waals surface area contributed by atoms with Gasteiger partial charge in [-0.2, -0.15) is 10.2 Å². The largest absolute Gasteiger partial charge is 0.272 e. The first-order chi connectivity index (χ1) is 13.8. The number of aromatic amines is 1. The maximum Gasteiger partial charge on any atom is 0.250 e. The monoisotopic (exact) mass is 385 g/mol. The van der Waals surface area contributed by atoms with Crippen molar-refractivity contribution in [3.63, 3.8) is 0 Å². The number of H-pyrrole nitrogens is 1. The predicted molar refractivity (Wildman–Crippen MR) is 113 cm³/mol. The van der Waals surface area contributed by atoms with Gasteiger partial charge in [0.25, 0.3) is 5.91 Å².